The fraction of sp³-hybridized carbons (Fsp3) is 0.269. The monoisotopic (exact) mass is 485 g/mol. The third-order valence-electron chi connectivity index (χ3n) is 5.94. The van der Waals surface area contributed by atoms with Crippen LogP contribution < -0.4 is 21.3 Å². The van der Waals surface area contributed by atoms with Gasteiger partial charge in [0.25, 0.3) is 5.91 Å². The molecule has 1 aromatic heterocycles. The van der Waals surface area contributed by atoms with E-state index in [2.05, 4.69) is 21.8 Å². The predicted octanol–water partition coefficient (Wildman–Crippen LogP) is 1.93. The maximum Gasteiger partial charge on any atom is 0.251 e. The number of nitrogens with one attached hydrogen (secondary N) is 2. The van der Waals surface area contributed by atoms with Gasteiger partial charge in [0.1, 0.15) is 17.5 Å². The Hall–Kier alpha value is -4.65. The van der Waals surface area contributed by atoms with Crippen molar-refractivity contribution in [3.05, 3.63) is 71.4 Å². The molecule has 1 aliphatic heterocycles. The molecule has 184 valence electrons. The van der Waals surface area contributed by atoms with Crippen LogP contribution in [0, 0.1) is 11.3 Å². The summed E-state index contributed by atoms with van der Waals surface area (Å²) < 4.78 is 1.54. The van der Waals surface area contributed by atoms with E-state index in [0.717, 1.165) is 17.8 Å². The lowest BCUT2D eigenvalue weighted by molar-refractivity contribution is -0.120. The van der Waals surface area contributed by atoms with E-state index in [9.17, 15) is 19.6 Å². The normalized spacial score (nSPS) is 12.9. The Morgan fingerprint density at radius 3 is 2.47 bits per heavy atom. The van der Waals surface area contributed by atoms with Gasteiger partial charge in [0, 0.05) is 30.8 Å². The van der Waals surface area contributed by atoms with Crippen molar-refractivity contribution in [1.29, 1.82) is 5.26 Å². The summed E-state index contributed by atoms with van der Waals surface area (Å²) in [5.41, 5.74) is 8.95. The Morgan fingerprint density at radius 2 is 1.81 bits per heavy atom. The zero-order chi connectivity index (χ0) is 25.5. The van der Waals surface area contributed by atoms with Gasteiger partial charge in [0.2, 0.25) is 11.8 Å². The van der Waals surface area contributed by atoms with E-state index in [1.54, 1.807) is 29.2 Å². The first-order chi connectivity index (χ1) is 17.5. The van der Waals surface area contributed by atoms with Crippen molar-refractivity contribution < 1.29 is 14.4 Å². The topological polar surface area (TPSA) is 146 Å². The van der Waals surface area contributed by atoms with Crippen molar-refractivity contribution >= 4 is 29.2 Å². The van der Waals surface area contributed by atoms with E-state index in [1.165, 1.54) is 4.68 Å². The van der Waals surface area contributed by atoms with Crippen LogP contribution in [-0.2, 0) is 16.0 Å². The SMILES string of the molecule is N#Cc1c(CCCNC(=O)CNC(=O)c2ccc(N3CCCC3=O)cc2)nn(-c2ccccc2)c1N. The molecule has 0 spiro atoms. The number of aryl methyl sites for hydroxylation is 1. The van der Waals surface area contributed by atoms with Crippen LogP contribution in [0.3, 0.4) is 0 Å². The van der Waals surface area contributed by atoms with Crippen molar-refractivity contribution in [2.24, 2.45) is 0 Å². The van der Waals surface area contributed by atoms with Gasteiger partial charge in [0.05, 0.1) is 17.9 Å². The minimum absolute atomic E-state index is 0.0840. The third-order valence-corrected chi connectivity index (χ3v) is 5.94. The molecule has 10 heteroatoms. The number of carbonyl (C=O) groups is 3. The van der Waals surface area contributed by atoms with Crippen LogP contribution in [0.5, 0.6) is 0 Å². The molecule has 2 heterocycles. The summed E-state index contributed by atoms with van der Waals surface area (Å²) in [7, 11) is 0. The predicted molar refractivity (Wildman–Crippen MR) is 134 cm³/mol. The number of hydrogen-bond donors (Lipinski definition) is 3. The number of benzene rings is 2. The van der Waals surface area contributed by atoms with Crippen molar-refractivity contribution in [2.45, 2.75) is 25.7 Å². The highest BCUT2D eigenvalue weighted by Gasteiger charge is 2.22. The number of para-hydroxylation sites is 1. The van der Waals surface area contributed by atoms with Crippen LogP contribution in [0.2, 0.25) is 0 Å². The van der Waals surface area contributed by atoms with Gasteiger partial charge in [-0.15, -0.1) is 0 Å². The minimum Gasteiger partial charge on any atom is -0.382 e. The van der Waals surface area contributed by atoms with Gasteiger partial charge in [-0.2, -0.15) is 10.4 Å². The van der Waals surface area contributed by atoms with Gasteiger partial charge in [-0.3, -0.25) is 14.4 Å². The zero-order valence-electron chi connectivity index (χ0n) is 19.7. The number of amides is 3. The van der Waals surface area contributed by atoms with Gasteiger partial charge in [0.15, 0.2) is 0 Å². The second-order valence-electron chi connectivity index (χ2n) is 8.40. The molecular formula is C26H27N7O3. The fourth-order valence-electron chi connectivity index (χ4n) is 4.06. The first-order valence-electron chi connectivity index (χ1n) is 11.8. The first-order valence-corrected chi connectivity index (χ1v) is 11.8. The molecule has 4 rings (SSSR count). The van der Waals surface area contributed by atoms with Crippen molar-refractivity contribution in [3.63, 3.8) is 0 Å². The summed E-state index contributed by atoms with van der Waals surface area (Å²) in [6, 6.07) is 18.2. The zero-order valence-corrected chi connectivity index (χ0v) is 19.7. The van der Waals surface area contributed by atoms with Crippen molar-refractivity contribution in [3.8, 4) is 11.8 Å². The summed E-state index contributed by atoms with van der Waals surface area (Å²) in [4.78, 5) is 38.1. The summed E-state index contributed by atoms with van der Waals surface area (Å²) in [5, 5.41) is 19.3. The van der Waals surface area contributed by atoms with Crippen LogP contribution in [0.4, 0.5) is 11.5 Å². The number of nitrogens with zero attached hydrogens (tertiary/aromatic N) is 4. The lowest BCUT2D eigenvalue weighted by Gasteiger charge is -2.15. The standard InChI is InChI=1S/C26H27N7O3/c27-16-21-22(31-33(25(21)28)20-6-2-1-3-7-20)8-4-14-29-23(34)17-30-26(36)18-10-12-19(13-11-18)32-15-5-9-24(32)35/h1-3,6-7,10-13H,4-5,8-9,14-15,17,28H2,(H,29,34)(H,30,36). The van der Waals surface area contributed by atoms with Gasteiger partial charge in [-0.25, -0.2) is 4.68 Å². The lowest BCUT2D eigenvalue weighted by Crippen LogP contribution is -2.37. The molecule has 0 saturated carbocycles. The van der Waals surface area contributed by atoms with Crippen LogP contribution in [0.25, 0.3) is 5.69 Å². The Labute approximate surface area is 208 Å². The smallest absolute Gasteiger partial charge is 0.251 e. The van der Waals surface area contributed by atoms with E-state index in [0.29, 0.717) is 49.2 Å². The van der Waals surface area contributed by atoms with Gasteiger partial charge >= 0.3 is 0 Å². The summed E-state index contributed by atoms with van der Waals surface area (Å²) in [5.74, 6) is -0.325. The fourth-order valence-corrected chi connectivity index (χ4v) is 4.06. The van der Waals surface area contributed by atoms with Crippen molar-refractivity contribution in [2.75, 3.05) is 30.3 Å². The molecular weight excluding hydrogens is 458 g/mol. The van der Waals surface area contributed by atoms with Crippen molar-refractivity contribution in [1.82, 2.24) is 20.4 Å². The van der Waals surface area contributed by atoms with E-state index in [-0.39, 0.29) is 30.1 Å². The number of anilines is 2. The largest absolute Gasteiger partial charge is 0.382 e. The molecule has 4 N–H and O–H groups in total. The number of rotatable bonds is 9. The molecule has 1 aliphatic rings. The van der Waals surface area contributed by atoms with Gasteiger partial charge in [-0.05, 0) is 55.7 Å². The molecule has 0 radical (unpaired) electrons. The minimum atomic E-state index is -0.370. The molecule has 1 fully saturated rings. The number of hydrogen-bond acceptors (Lipinski definition) is 6. The van der Waals surface area contributed by atoms with Crippen LogP contribution in [0.1, 0.15) is 40.9 Å². The van der Waals surface area contributed by atoms with E-state index in [1.807, 2.05) is 30.3 Å². The molecule has 0 aliphatic carbocycles. The Bertz CT molecular complexity index is 1290. The highest BCUT2D eigenvalue weighted by molar-refractivity contribution is 5.98. The Balaban J connectivity index is 1.22. The first kappa shape index (κ1) is 24.5. The van der Waals surface area contributed by atoms with Crippen LogP contribution in [0.15, 0.2) is 54.6 Å². The molecule has 1 saturated heterocycles. The molecule has 3 amide bonds. The van der Waals surface area contributed by atoms with E-state index < -0.39 is 0 Å². The molecule has 0 unspecified atom stereocenters. The average molecular weight is 486 g/mol. The molecule has 0 bridgehead atoms. The third kappa shape index (κ3) is 5.52. The summed E-state index contributed by atoms with van der Waals surface area (Å²) in [6.07, 6.45) is 2.39. The van der Waals surface area contributed by atoms with Gasteiger partial charge in [-0.1, -0.05) is 18.2 Å². The highest BCUT2D eigenvalue weighted by atomic mass is 16.2. The molecule has 10 nitrogen and oxygen atoms in total. The average Bonchev–Trinajstić information content (AvgIpc) is 3.47. The number of carbonyl (C=O) groups excluding carboxylic acids is 3. The quantitative estimate of drug-likeness (QED) is 0.395. The summed E-state index contributed by atoms with van der Waals surface area (Å²) in [6.45, 7) is 0.880. The number of nitrogens with two attached hydrogens (primary N) is 1. The second-order valence-corrected chi connectivity index (χ2v) is 8.40. The number of aromatic nitrogens is 2. The molecule has 36 heavy (non-hydrogen) atoms. The van der Waals surface area contributed by atoms with E-state index >= 15 is 0 Å². The van der Waals surface area contributed by atoms with E-state index in [4.69, 9.17) is 5.73 Å². The maximum absolute atomic E-state index is 12.4. The molecule has 0 atom stereocenters. The summed E-state index contributed by atoms with van der Waals surface area (Å²) >= 11 is 0. The van der Waals surface area contributed by atoms with Crippen LogP contribution >= 0.6 is 0 Å². The second kappa shape index (κ2) is 11.2. The van der Waals surface area contributed by atoms with Crippen LogP contribution in [-0.4, -0.2) is 47.1 Å². The molecule has 2 aromatic carbocycles. The Morgan fingerprint density at radius 1 is 1.06 bits per heavy atom. The number of nitriles is 1. The molecule has 3 aromatic rings. The highest BCUT2D eigenvalue weighted by Crippen LogP contribution is 2.22. The van der Waals surface area contributed by atoms with Gasteiger partial charge < -0.3 is 21.3 Å². The Kier molecular flexibility index (Phi) is 7.60. The number of nitrogen functional groups attached to an aromatic ring is 1. The maximum atomic E-state index is 12.4. The lowest BCUT2D eigenvalue weighted by atomic mass is 10.1.